The zero-order valence-corrected chi connectivity index (χ0v) is 17.6. The molecule has 1 aromatic carbocycles. The number of anilines is 1. The Balaban J connectivity index is 2.08. The molecule has 0 saturated heterocycles. The minimum atomic E-state index is -0.0661. The van der Waals surface area contributed by atoms with E-state index in [-0.39, 0.29) is 12.5 Å². The van der Waals surface area contributed by atoms with Gasteiger partial charge in [0.15, 0.2) is 17.5 Å². The quantitative estimate of drug-likeness (QED) is 0.497. The van der Waals surface area contributed by atoms with E-state index in [2.05, 4.69) is 27.1 Å². The van der Waals surface area contributed by atoms with Crippen molar-refractivity contribution < 1.29 is 14.3 Å². The van der Waals surface area contributed by atoms with Crippen LogP contribution in [0.15, 0.2) is 40.7 Å². The first-order valence-corrected chi connectivity index (χ1v) is 10.00. The number of aliphatic imine (C=N–C) groups is 1. The summed E-state index contributed by atoms with van der Waals surface area (Å²) in [6, 6.07) is 9.71. The van der Waals surface area contributed by atoms with Gasteiger partial charge in [0, 0.05) is 37.3 Å². The maximum absolute atomic E-state index is 11.9. The summed E-state index contributed by atoms with van der Waals surface area (Å²) in [5.74, 6) is 1.79. The zero-order chi connectivity index (χ0) is 20.4. The van der Waals surface area contributed by atoms with Gasteiger partial charge in [0.2, 0.25) is 5.91 Å². The van der Waals surface area contributed by atoms with E-state index in [1.165, 1.54) is 9.78 Å². The molecule has 0 spiro atoms. The van der Waals surface area contributed by atoms with Gasteiger partial charge in [0.05, 0.1) is 13.7 Å². The highest BCUT2D eigenvalue weighted by Gasteiger charge is 2.09. The van der Waals surface area contributed by atoms with Gasteiger partial charge < -0.3 is 25.0 Å². The van der Waals surface area contributed by atoms with E-state index in [0.29, 0.717) is 30.6 Å². The largest absolute Gasteiger partial charge is 0.493 e. The van der Waals surface area contributed by atoms with Gasteiger partial charge in [0.1, 0.15) is 6.54 Å². The number of rotatable bonds is 9. The summed E-state index contributed by atoms with van der Waals surface area (Å²) in [6.07, 6.45) is 0.882. The van der Waals surface area contributed by atoms with E-state index in [9.17, 15) is 4.79 Å². The van der Waals surface area contributed by atoms with Gasteiger partial charge in [-0.3, -0.25) is 4.79 Å². The van der Waals surface area contributed by atoms with Crippen LogP contribution in [-0.4, -0.2) is 57.7 Å². The van der Waals surface area contributed by atoms with Crippen LogP contribution >= 0.6 is 11.3 Å². The topological polar surface area (TPSA) is 75.2 Å². The van der Waals surface area contributed by atoms with E-state index >= 15 is 0 Å². The van der Waals surface area contributed by atoms with Gasteiger partial charge in [-0.05, 0) is 36.9 Å². The molecular weight excluding hydrogens is 376 g/mol. The number of likely N-dealkylation sites (N-methyl/N-ethyl adjacent to an activating group) is 1. The van der Waals surface area contributed by atoms with Crippen molar-refractivity contribution in [3.8, 4) is 11.5 Å². The predicted molar refractivity (Wildman–Crippen MR) is 115 cm³/mol. The van der Waals surface area contributed by atoms with Crippen molar-refractivity contribution in [1.29, 1.82) is 0 Å². The second-order valence-electron chi connectivity index (χ2n) is 6.13. The Morgan fingerprint density at radius 2 is 2.07 bits per heavy atom. The minimum absolute atomic E-state index is 0.0650. The van der Waals surface area contributed by atoms with Crippen molar-refractivity contribution in [1.82, 2.24) is 10.2 Å². The lowest BCUT2D eigenvalue weighted by atomic mass is 10.2. The highest BCUT2D eigenvalue weighted by molar-refractivity contribution is 7.09. The Labute approximate surface area is 170 Å². The lowest BCUT2D eigenvalue weighted by molar-refractivity contribution is -0.127. The number of nitrogens with one attached hydrogen (secondary N) is 2. The van der Waals surface area contributed by atoms with E-state index in [1.807, 2.05) is 31.2 Å². The van der Waals surface area contributed by atoms with Crippen LogP contribution < -0.4 is 20.1 Å². The van der Waals surface area contributed by atoms with Gasteiger partial charge in [-0.15, -0.1) is 11.3 Å². The molecule has 7 nitrogen and oxygen atoms in total. The summed E-state index contributed by atoms with van der Waals surface area (Å²) in [4.78, 5) is 19.1. The molecular formula is C20H28N4O3S. The number of carbonyl (C=O) groups is 1. The predicted octanol–water partition coefficient (Wildman–Crippen LogP) is 2.84. The van der Waals surface area contributed by atoms with Gasteiger partial charge in [-0.25, -0.2) is 4.99 Å². The van der Waals surface area contributed by atoms with Gasteiger partial charge in [0.25, 0.3) is 0 Å². The van der Waals surface area contributed by atoms with Crippen LogP contribution in [-0.2, 0) is 11.2 Å². The van der Waals surface area contributed by atoms with Crippen LogP contribution in [0.1, 0.15) is 11.8 Å². The number of guanidine groups is 1. The van der Waals surface area contributed by atoms with Crippen LogP contribution in [0.5, 0.6) is 11.5 Å². The third kappa shape index (κ3) is 6.77. The van der Waals surface area contributed by atoms with E-state index in [1.54, 1.807) is 32.5 Å². The molecule has 1 aromatic heterocycles. The second-order valence-corrected chi connectivity index (χ2v) is 7.17. The molecule has 2 aromatic rings. The summed E-state index contributed by atoms with van der Waals surface area (Å²) < 4.78 is 10.9. The molecule has 0 bridgehead atoms. The van der Waals surface area contributed by atoms with Gasteiger partial charge >= 0.3 is 0 Å². The Hall–Kier alpha value is -2.74. The Kier molecular flexibility index (Phi) is 8.61. The van der Waals surface area contributed by atoms with Crippen LogP contribution in [0.3, 0.4) is 0 Å². The SMILES string of the molecule is CCOc1ccc(NC(=NCC(=O)N(C)C)NCCc2cccs2)cc1OC. The summed E-state index contributed by atoms with van der Waals surface area (Å²) in [5, 5.41) is 8.57. The summed E-state index contributed by atoms with van der Waals surface area (Å²) >= 11 is 1.72. The van der Waals surface area contributed by atoms with Crippen molar-refractivity contribution in [2.75, 3.05) is 46.2 Å². The third-order valence-electron chi connectivity index (χ3n) is 3.84. The molecule has 0 aliphatic rings. The molecule has 0 aliphatic heterocycles. The summed E-state index contributed by atoms with van der Waals surface area (Å²) in [5.41, 5.74) is 0.792. The fraction of sp³-hybridized carbons (Fsp3) is 0.400. The average molecular weight is 405 g/mol. The molecule has 2 N–H and O–H groups in total. The highest BCUT2D eigenvalue weighted by atomic mass is 32.1. The molecule has 2 rings (SSSR count). The standard InChI is InChI=1S/C20H28N4O3S/c1-5-27-17-9-8-15(13-18(17)26-4)23-20(22-14-19(25)24(2)3)21-11-10-16-7-6-12-28-16/h6-9,12-13H,5,10-11,14H2,1-4H3,(H2,21,22,23). The third-order valence-corrected chi connectivity index (χ3v) is 4.78. The van der Waals surface area contributed by atoms with E-state index < -0.39 is 0 Å². The fourth-order valence-electron chi connectivity index (χ4n) is 2.34. The minimum Gasteiger partial charge on any atom is -0.493 e. The maximum Gasteiger partial charge on any atom is 0.243 e. The molecule has 0 aliphatic carbocycles. The second kappa shape index (κ2) is 11.2. The molecule has 1 heterocycles. The van der Waals surface area contributed by atoms with Crippen molar-refractivity contribution in [3.63, 3.8) is 0 Å². The van der Waals surface area contributed by atoms with Crippen LogP contribution in [0.4, 0.5) is 5.69 Å². The van der Waals surface area contributed by atoms with E-state index in [0.717, 1.165) is 12.1 Å². The average Bonchev–Trinajstić information content (AvgIpc) is 3.20. The molecule has 0 unspecified atom stereocenters. The van der Waals surface area contributed by atoms with Gasteiger partial charge in [-0.2, -0.15) is 0 Å². The zero-order valence-electron chi connectivity index (χ0n) is 16.8. The number of benzene rings is 1. The van der Waals surface area contributed by atoms with Crippen LogP contribution in [0.25, 0.3) is 0 Å². The summed E-state index contributed by atoms with van der Waals surface area (Å²) in [6.45, 7) is 3.26. The fourth-order valence-corrected chi connectivity index (χ4v) is 3.05. The molecule has 0 saturated carbocycles. The Morgan fingerprint density at radius 1 is 1.25 bits per heavy atom. The van der Waals surface area contributed by atoms with E-state index in [4.69, 9.17) is 9.47 Å². The number of methoxy groups -OCH3 is 1. The Bertz CT molecular complexity index is 776. The number of nitrogens with zero attached hydrogens (tertiary/aromatic N) is 2. The molecule has 152 valence electrons. The first-order chi connectivity index (χ1) is 13.5. The maximum atomic E-state index is 11.9. The van der Waals surface area contributed by atoms with Gasteiger partial charge in [-0.1, -0.05) is 6.07 Å². The molecule has 0 fully saturated rings. The van der Waals surface area contributed by atoms with Crippen molar-refractivity contribution in [2.45, 2.75) is 13.3 Å². The highest BCUT2D eigenvalue weighted by Crippen LogP contribution is 2.30. The monoisotopic (exact) mass is 404 g/mol. The number of ether oxygens (including phenoxy) is 2. The molecule has 0 radical (unpaired) electrons. The lowest BCUT2D eigenvalue weighted by Gasteiger charge is -2.15. The number of amides is 1. The summed E-state index contributed by atoms with van der Waals surface area (Å²) in [7, 11) is 5.03. The van der Waals surface area contributed by atoms with Crippen molar-refractivity contribution >= 4 is 28.9 Å². The van der Waals surface area contributed by atoms with Crippen LogP contribution in [0.2, 0.25) is 0 Å². The molecule has 0 atom stereocenters. The smallest absolute Gasteiger partial charge is 0.243 e. The first-order valence-electron chi connectivity index (χ1n) is 9.12. The number of hydrogen-bond acceptors (Lipinski definition) is 5. The number of carbonyl (C=O) groups excluding carboxylic acids is 1. The molecule has 1 amide bonds. The van der Waals surface area contributed by atoms with Crippen LogP contribution in [0, 0.1) is 0 Å². The molecule has 28 heavy (non-hydrogen) atoms. The lowest BCUT2D eigenvalue weighted by Crippen LogP contribution is -2.34. The first kappa shape index (κ1) is 21.6. The number of thiophene rings is 1. The Morgan fingerprint density at radius 3 is 2.71 bits per heavy atom. The van der Waals surface area contributed by atoms with Crippen molar-refractivity contribution in [3.05, 3.63) is 40.6 Å². The molecule has 8 heteroatoms. The normalized spacial score (nSPS) is 11.1. The van der Waals surface area contributed by atoms with Crippen molar-refractivity contribution in [2.24, 2.45) is 4.99 Å². The number of hydrogen-bond donors (Lipinski definition) is 2.